The van der Waals surface area contributed by atoms with Crippen molar-refractivity contribution in [2.24, 2.45) is 4.99 Å². The number of aromatic nitrogens is 2. The van der Waals surface area contributed by atoms with Crippen LogP contribution in [0.15, 0.2) is 47.7 Å². The Hall–Kier alpha value is -1.31. The molecule has 1 fully saturated rings. The van der Waals surface area contributed by atoms with Gasteiger partial charge in [-0.1, -0.05) is 18.2 Å². The monoisotopic (exact) mass is 564 g/mol. The van der Waals surface area contributed by atoms with Crippen molar-refractivity contribution in [2.45, 2.75) is 6.54 Å². The van der Waals surface area contributed by atoms with Crippen molar-refractivity contribution in [2.75, 3.05) is 51.0 Å². The summed E-state index contributed by atoms with van der Waals surface area (Å²) < 4.78 is 28.4. The second-order valence-corrected chi connectivity index (χ2v) is 10.1. The Balaban J connectivity index is 0.00000320. The zero-order chi connectivity index (χ0) is 20.7. The van der Waals surface area contributed by atoms with E-state index < -0.39 is 10.0 Å². The summed E-state index contributed by atoms with van der Waals surface area (Å²) in [6, 6.07) is 9.93. The van der Waals surface area contributed by atoms with Crippen molar-refractivity contribution in [3.63, 3.8) is 0 Å². The third kappa shape index (κ3) is 6.86. The second-order valence-electron chi connectivity index (χ2n) is 6.79. The number of guanidine groups is 1. The number of hydrogen-bond donors (Lipinski definition) is 1. The molecule has 11 heteroatoms. The van der Waals surface area contributed by atoms with Gasteiger partial charge in [-0.2, -0.15) is 16.9 Å². The average molecular weight is 565 g/mol. The second kappa shape index (κ2) is 11.9. The number of benzene rings is 1. The fourth-order valence-corrected chi connectivity index (χ4v) is 5.63. The molecule has 1 aromatic carbocycles. The minimum Gasteiger partial charge on any atom is -0.355 e. The molecular formula is C19H29IN6O2S2. The standard InChI is InChI=1S/C19H28N6O2S2.HI/c1-20-19(21-8-13-29(26,27)24-9-11-28-12-10-24)23(2)15-17-14-22-25(16-17)18-6-4-3-5-7-18;/h3-7,14,16H,8-13,15H2,1-2H3,(H,20,21);1H. The summed E-state index contributed by atoms with van der Waals surface area (Å²) in [6.45, 7) is 2.15. The molecule has 3 rings (SSSR count). The van der Waals surface area contributed by atoms with Gasteiger partial charge in [-0.15, -0.1) is 24.0 Å². The largest absolute Gasteiger partial charge is 0.355 e. The fourth-order valence-electron chi connectivity index (χ4n) is 3.14. The zero-order valence-electron chi connectivity index (χ0n) is 17.3. The summed E-state index contributed by atoms with van der Waals surface area (Å²) in [6.07, 6.45) is 3.81. The number of nitrogens with zero attached hydrogens (tertiary/aromatic N) is 5. The summed E-state index contributed by atoms with van der Waals surface area (Å²) in [5, 5.41) is 7.57. The molecule has 0 aliphatic carbocycles. The predicted molar refractivity (Wildman–Crippen MR) is 134 cm³/mol. The highest BCUT2D eigenvalue weighted by Crippen LogP contribution is 2.13. The van der Waals surface area contributed by atoms with Crippen LogP contribution in [0.25, 0.3) is 5.69 Å². The maximum atomic E-state index is 12.5. The van der Waals surface area contributed by atoms with Gasteiger partial charge in [-0.3, -0.25) is 4.99 Å². The van der Waals surface area contributed by atoms with Crippen LogP contribution in [0, 0.1) is 0 Å². The van der Waals surface area contributed by atoms with Crippen LogP contribution < -0.4 is 5.32 Å². The van der Waals surface area contributed by atoms with Gasteiger partial charge < -0.3 is 10.2 Å². The Morgan fingerprint density at radius 1 is 1.27 bits per heavy atom. The van der Waals surface area contributed by atoms with Crippen LogP contribution in [0.3, 0.4) is 0 Å². The minimum absolute atomic E-state index is 0. The lowest BCUT2D eigenvalue weighted by molar-refractivity contribution is 0.442. The van der Waals surface area contributed by atoms with Crippen LogP contribution in [0.5, 0.6) is 0 Å². The normalized spacial score (nSPS) is 15.5. The van der Waals surface area contributed by atoms with Crippen LogP contribution in [0.2, 0.25) is 0 Å². The topological polar surface area (TPSA) is 82.8 Å². The number of para-hydroxylation sites is 1. The van der Waals surface area contributed by atoms with Gasteiger partial charge in [0.1, 0.15) is 0 Å². The van der Waals surface area contributed by atoms with Crippen LogP contribution in [-0.2, 0) is 16.6 Å². The third-order valence-electron chi connectivity index (χ3n) is 4.66. The lowest BCUT2D eigenvalue weighted by atomic mass is 10.3. The van der Waals surface area contributed by atoms with Crippen LogP contribution >= 0.6 is 35.7 Å². The molecule has 0 saturated carbocycles. The molecule has 8 nitrogen and oxygen atoms in total. The molecule has 1 N–H and O–H groups in total. The molecule has 0 atom stereocenters. The van der Waals surface area contributed by atoms with Crippen molar-refractivity contribution in [1.29, 1.82) is 0 Å². The van der Waals surface area contributed by atoms with Crippen molar-refractivity contribution < 1.29 is 8.42 Å². The van der Waals surface area contributed by atoms with E-state index in [1.54, 1.807) is 23.1 Å². The fraction of sp³-hybridized carbons (Fsp3) is 0.474. The van der Waals surface area contributed by atoms with E-state index >= 15 is 0 Å². The summed E-state index contributed by atoms with van der Waals surface area (Å²) in [5.74, 6) is 2.46. The molecule has 0 amide bonds. The van der Waals surface area contributed by atoms with Gasteiger partial charge in [0, 0.05) is 63.5 Å². The minimum atomic E-state index is -3.23. The molecule has 1 aliphatic heterocycles. The van der Waals surface area contributed by atoms with Gasteiger partial charge in [0.15, 0.2) is 5.96 Å². The quantitative estimate of drug-likeness (QED) is 0.314. The van der Waals surface area contributed by atoms with Gasteiger partial charge in [0.05, 0.1) is 17.6 Å². The Morgan fingerprint density at radius 2 is 1.97 bits per heavy atom. The molecule has 0 unspecified atom stereocenters. The zero-order valence-corrected chi connectivity index (χ0v) is 21.2. The van der Waals surface area contributed by atoms with E-state index in [0.29, 0.717) is 32.1 Å². The lowest BCUT2D eigenvalue weighted by Crippen LogP contribution is -2.44. The molecule has 166 valence electrons. The molecule has 0 radical (unpaired) electrons. The number of rotatable bonds is 7. The number of halogens is 1. The Labute approximate surface area is 200 Å². The third-order valence-corrected chi connectivity index (χ3v) is 7.47. The SMILES string of the molecule is CN=C(NCCS(=O)(=O)N1CCSCC1)N(C)Cc1cnn(-c2ccccc2)c1.I. The maximum Gasteiger partial charge on any atom is 0.215 e. The van der Waals surface area contributed by atoms with E-state index in [-0.39, 0.29) is 29.7 Å². The van der Waals surface area contributed by atoms with Gasteiger partial charge in [0.25, 0.3) is 0 Å². The van der Waals surface area contributed by atoms with Gasteiger partial charge in [-0.05, 0) is 12.1 Å². The summed E-state index contributed by atoms with van der Waals surface area (Å²) in [4.78, 5) is 6.23. The van der Waals surface area contributed by atoms with Crippen LogP contribution in [0.4, 0.5) is 0 Å². The summed E-state index contributed by atoms with van der Waals surface area (Å²) >= 11 is 1.80. The Kier molecular flexibility index (Phi) is 9.91. The first-order valence-corrected chi connectivity index (χ1v) is 12.3. The van der Waals surface area contributed by atoms with E-state index in [4.69, 9.17) is 0 Å². The number of nitrogens with one attached hydrogen (secondary N) is 1. The molecule has 1 saturated heterocycles. The highest BCUT2D eigenvalue weighted by molar-refractivity contribution is 14.0. The summed E-state index contributed by atoms with van der Waals surface area (Å²) in [7, 11) is 0.391. The van der Waals surface area contributed by atoms with E-state index in [1.165, 1.54) is 0 Å². The lowest BCUT2D eigenvalue weighted by Gasteiger charge is -2.26. The molecule has 2 heterocycles. The van der Waals surface area contributed by atoms with Crippen LogP contribution in [-0.4, -0.2) is 84.4 Å². The highest BCUT2D eigenvalue weighted by Gasteiger charge is 2.23. The number of thioether (sulfide) groups is 1. The maximum absolute atomic E-state index is 12.5. The predicted octanol–water partition coefficient (Wildman–Crippen LogP) is 1.88. The average Bonchev–Trinajstić information content (AvgIpc) is 3.21. The van der Waals surface area contributed by atoms with E-state index in [1.807, 2.05) is 59.4 Å². The first-order valence-electron chi connectivity index (χ1n) is 9.56. The number of aliphatic imine (C=N–C) groups is 1. The molecular weight excluding hydrogens is 535 g/mol. The van der Waals surface area contributed by atoms with E-state index in [0.717, 1.165) is 22.8 Å². The Bertz CT molecular complexity index is 914. The molecule has 30 heavy (non-hydrogen) atoms. The van der Waals surface area contributed by atoms with Gasteiger partial charge >= 0.3 is 0 Å². The van der Waals surface area contributed by atoms with Crippen molar-refractivity contribution in [1.82, 2.24) is 24.3 Å². The van der Waals surface area contributed by atoms with Crippen molar-refractivity contribution >= 4 is 51.7 Å². The molecule has 1 aliphatic rings. The molecule has 0 bridgehead atoms. The first-order chi connectivity index (χ1) is 14.0. The molecule has 0 spiro atoms. The van der Waals surface area contributed by atoms with Crippen molar-refractivity contribution in [3.05, 3.63) is 48.3 Å². The number of hydrogen-bond acceptors (Lipinski definition) is 5. The first kappa shape index (κ1) is 25.0. The highest BCUT2D eigenvalue weighted by atomic mass is 127. The smallest absolute Gasteiger partial charge is 0.215 e. The van der Waals surface area contributed by atoms with E-state index in [2.05, 4.69) is 15.4 Å². The molecule has 2 aromatic rings. The van der Waals surface area contributed by atoms with Gasteiger partial charge in [-0.25, -0.2) is 17.4 Å². The van der Waals surface area contributed by atoms with E-state index in [9.17, 15) is 8.42 Å². The Morgan fingerprint density at radius 3 is 2.63 bits per heavy atom. The van der Waals surface area contributed by atoms with Gasteiger partial charge in [0.2, 0.25) is 10.0 Å². The molecule has 1 aromatic heterocycles. The van der Waals surface area contributed by atoms with Crippen LogP contribution in [0.1, 0.15) is 5.56 Å². The number of sulfonamides is 1. The van der Waals surface area contributed by atoms with Crippen molar-refractivity contribution in [3.8, 4) is 5.69 Å². The summed E-state index contributed by atoms with van der Waals surface area (Å²) in [5.41, 5.74) is 2.04.